The van der Waals surface area contributed by atoms with Crippen LogP contribution in [0.1, 0.15) is 24.5 Å². The van der Waals surface area contributed by atoms with E-state index in [4.69, 9.17) is 11.8 Å². The molecule has 0 amide bonds. The molecule has 14 heavy (non-hydrogen) atoms. The van der Waals surface area contributed by atoms with Gasteiger partial charge in [0, 0.05) is 17.5 Å². The lowest BCUT2D eigenvalue weighted by Gasteiger charge is -2.06. The highest BCUT2D eigenvalue weighted by atomic mass is 35.5. The van der Waals surface area contributed by atoms with Crippen LogP contribution < -0.4 is 4.84 Å². The maximum absolute atomic E-state index is 5.45. The minimum Gasteiger partial charge on any atom is -0.299 e. The normalized spacial score (nSPS) is 9.57. The smallest absolute Gasteiger partial charge is 0.0492 e. The first kappa shape index (κ1) is 10.9. The largest absolute Gasteiger partial charge is 0.299 e. The molecule has 1 nitrogen and oxygen atoms in total. The zero-order valence-corrected chi connectivity index (χ0v) is 9.06. The number of rotatable bonds is 4. The van der Waals surface area contributed by atoms with E-state index in [1.807, 2.05) is 24.3 Å². The molecule has 1 aromatic rings. The van der Waals surface area contributed by atoms with E-state index in [1.165, 1.54) is 5.56 Å². The summed E-state index contributed by atoms with van der Waals surface area (Å²) in [6.45, 7) is 9.84. The van der Waals surface area contributed by atoms with Gasteiger partial charge >= 0.3 is 0 Å². The fraction of sp³-hybridized carbons (Fsp3) is 0.167. The second-order valence-electron chi connectivity index (χ2n) is 3.11. The van der Waals surface area contributed by atoms with E-state index in [-0.39, 0.29) is 0 Å². The molecule has 0 atom stereocenters. The molecule has 2 heteroatoms. The first-order valence-electron chi connectivity index (χ1n) is 4.53. The summed E-state index contributed by atoms with van der Waals surface area (Å²) in [6, 6.07) is 8.02. The molecule has 0 aliphatic rings. The maximum atomic E-state index is 5.45. The SMILES string of the molecule is C=C(CC)c1ccc(C(=C)NCl)cc1. The minimum atomic E-state index is 0.709. The van der Waals surface area contributed by atoms with Crippen LogP contribution in [0.3, 0.4) is 0 Å². The van der Waals surface area contributed by atoms with E-state index in [2.05, 4.69) is 24.9 Å². The van der Waals surface area contributed by atoms with Crippen molar-refractivity contribution in [3.8, 4) is 0 Å². The molecular weight excluding hydrogens is 194 g/mol. The second kappa shape index (κ2) is 4.87. The van der Waals surface area contributed by atoms with Gasteiger partial charge in [-0.3, -0.25) is 4.84 Å². The Morgan fingerprint density at radius 1 is 1.21 bits per heavy atom. The molecule has 74 valence electrons. The molecule has 0 heterocycles. The van der Waals surface area contributed by atoms with Crippen LogP contribution in [0.5, 0.6) is 0 Å². The van der Waals surface area contributed by atoms with Gasteiger partial charge in [0.2, 0.25) is 0 Å². The van der Waals surface area contributed by atoms with Crippen molar-refractivity contribution < 1.29 is 0 Å². The highest BCUT2D eigenvalue weighted by molar-refractivity contribution is 6.17. The third kappa shape index (κ3) is 2.39. The number of benzene rings is 1. The molecule has 0 aliphatic heterocycles. The quantitative estimate of drug-likeness (QED) is 0.741. The van der Waals surface area contributed by atoms with Crippen molar-refractivity contribution in [3.63, 3.8) is 0 Å². The monoisotopic (exact) mass is 207 g/mol. The average molecular weight is 208 g/mol. The zero-order chi connectivity index (χ0) is 10.6. The lowest BCUT2D eigenvalue weighted by molar-refractivity contribution is 1.24. The van der Waals surface area contributed by atoms with Crippen molar-refractivity contribution in [2.75, 3.05) is 0 Å². The lowest BCUT2D eigenvalue weighted by Crippen LogP contribution is -1.95. The Hall–Kier alpha value is -1.21. The Labute approximate surface area is 90.2 Å². The van der Waals surface area contributed by atoms with Gasteiger partial charge < -0.3 is 0 Å². The summed E-state index contributed by atoms with van der Waals surface area (Å²) >= 11 is 5.45. The highest BCUT2D eigenvalue weighted by Gasteiger charge is 1.99. The van der Waals surface area contributed by atoms with Gasteiger partial charge in [0.05, 0.1) is 0 Å². The number of hydrogen-bond acceptors (Lipinski definition) is 1. The number of hydrogen-bond donors (Lipinski definition) is 1. The van der Waals surface area contributed by atoms with Crippen molar-refractivity contribution in [1.29, 1.82) is 0 Å². The fourth-order valence-corrected chi connectivity index (χ4v) is 1.27. The molecule has 1 N–H and O–H groups in total. The van der Waals surface area contributed by atoms with Crippen LogP contribution in [-0.4, -0.2) is 0 Å². The molecule has 0 aliphatic carbocycles. The lowest BCUT2D eigenvalue weighted by atomic mass is 10.0. The fourth-order valence-electron chi connectivity index (χ4n) is 1.17. The van der Waals surface area contributed by atoms with E-state index in [1.54, 1.807) is 0 Å². The summed E-state index contributed by atoms with van der Waals surface area (Å²) in [5.41, 5.74) is 4.01. The van der Waals surface area contributed by atoms with Gasteiger partial charge in [-0.15, -0.1) is 0 Å². The van der Waals surface area contributed by atoms with Crippen molar-refractivity contribution in [3.05, 3.63) is 48.6 Å². The molecule has 0 saturated carbocycles. The Bertz CT molecular complexity index is 303. The van der Waals surface area contributed by atoms with Gasteiger partial charge in [0.25, 0.3) is 0 Å². The Morgan fingerprint density at radius 2 is 1.71 bits per heavy atom. The molecule has 0 saturated heterocycles. The molecular formula is C12H14ClN. The first-order valence-corrected chi connectivity index (χ1v) is 4.91. The summed E-state index contributed by atoms with van der Waals surface area (Å²) in [7, 11) is 0. The van der Waals surface area contributed by atoms with Crippen LogP contribution in [0.2, 0.25) is 0 Å². The van der Waals surface area contributed by atoms with Crippen molar-refractivity contribution in [2.45, 2.75) is 13.3 Å². The van der Waals surface area contributed by atoms with Gasteiger partial charge in [-0.05, 0) is 23.1 Å². The third-order valence-corrected chi connectivity index (χ3v) is 2.41. The summed E-state index contributed by atoms with van der Waals surface area (Å²) in [4.78, 5) is 2.50. The van der Waals surface area contributed by atoms with E-state index in [0.29, 0.717) is 5.70 Å². The standard InChI is InChI=1S/C12H14ClN/c1-4-9(2)11-5-7-12(8-6-11)10(3)14-13/h5-8,14H,2-4H2,1H3. The van der Waals surface area contributed by atoms with Crippen LogP contribution in [0.4, 0.5) is 0 Å². The van der Waals surface area contributed by atoms with E-state index in [9.17, 15) is 0 Å². The molecule has 0 bridgehead atoms. The zero-order valence-electron chi connectivity index (χ0n) is 8.31. The van der Waals surface area contributed by atoms with E-state index >= 15 is 0 Å². The van der Waals surface area contributed by atoms with Crippen molar-refractivity contribution in [1.82, 2.24) is 4.84 Å². The molecule has 0 spiro atoms. The average Bonchev–Trinajstić information content (AvgIpc) is 2.27. The van der Waals surface area contributed by atoms with Crippen LogP contribution in [-0.2, 0) is 0 Å². The number of nitrogens with one attached hydrogen (secondary N) is 1. The van der Waals surface area contributed by atoms with Crippen LogP contribution in [0.15, 0.2) is 37.4 Å². The third-order valence-electron chi connectivity index (χ3n) is 2.18. The minimum absolute atomic E-state index is 0.709. The summed E-state index contributed by atoms with van der Waals surface area (Å²) in [6.07, 6.45) is 0.966. The van der Waals surface area contributed by atoms with Gasteiger partial charge in [-0.1, -0.05) is 44.3 Å². The second-order valence-corrected chi connectivity index (χ2v) is 3.30. The summed E-state index contributed by atoms with van der Waals surface area (Å²) < 4.78 is 0. The van der Waals surface area contributed by atoms with Crippen molar-refractivity contribution in [2.24, 2.45) is 0 Å². The molecule has 0 aromatic heterocycles. The highest BCUT2D eigenvalue weighted by Crippen LogP contribution is 2.18. The van der Waals surface area contributed by atoms with E-state index < -0.39 is 0 Å². The van der Waals surface area contributed by atoms with Gasteiger partial charge in [0.1, 0.15) is 0 Å². The Morgan fingerprint density at radius 3 is 2.14 bits per heavy atom. The Balaban J connectivity index is 2.89. The molecule has 0 unspecified atom stereocenters. The topological polar surface area (TPSA) is 12.0 Å². The molecule has 1 rings (SSSR count). The summed E-state index contributed by atoms with van der Waals surface area (Å²) in [5.74, 6) is 0. The molecule has 0 radical (unpaired) electrons. The Kier molecular flexibility index (Phi) is 3.78. The van der Waals surface area contributed by atoms with E-state index in [0.717, 1.165) is 17.6 Å². The number of allylic oxidation sites excluding steroid dienone is 1. The molecule has 0 fully saturated rings. The van der Waals surface area contributed by atoms with Crippen molar-refractivity contribution >= 4 is 23.0 Å². The number of halogens is 1. The molecule has 1 aromatic carbocycles. The van der Waals surface area contributed by atoms with Crippen LogP contribution in [0, 0.1) is 0 Å². The predicted octanol–water partition coefficient (Wildman–Crippen LogP) is 3.82. The summed E-state index contributed by atoms with van der Waals surface area (Å²) in [5, 5.41) is 0. The van der Waals surface area contributed by atoms with Gasteiger partial charge in [-0.2, -0.15) is 0 Å². The van der Waals surface area contributed by atoms with Gasteiger partial charge in [0.15, 0.2) is 0 Å². The predicted molar refractivity (Wildman–Crippen MR) is 63.8 cm³/mol. The van der Waals surface area contributed by atoms with Crippen LogP contribution in [0.25, 0.3) is 11.3 Å². The maximum Gasteiger partial charge on any atom is 0.0492 e. The van der Waals surface area contributed by atoms with Gasteiger partial charge in [-0.25, -0.2) is 0 Å². The first-order chi connectivity index (χ1) is 6.69. The van der Waals surface area contributed by atoms with Crippen LogP contribution >= 0.6 is 11.8 Å².